The van der Waals surface area contributed by atoms with Crippen LogP contribution in [-0.4, -0.2) is 31.8 Å². The summed E-state index contributed by atoms with van der Waals surface area (Å²) in [4.78, 5) is 16.9. The van der Waals surface area contributed by atoms with E-state index in [1.165, 1.54) is 0 Å². The lowest BCUT2D eigenvalue weighted by Gasteiger charge is -2.14. The van der Waals surface area contributed by atoms with E-state index in [2.05, 4.69) is 40.7 Å². The van der Waals surface area contributed by atoms with Crippen LogP contribution in [0.2, 0.25) is 0 Å². The Labute approximate surface area is 141 Å². The van der Waals surface area contributed by atoms with Gasteiger partial charge in [0.05, 0.1) is 5.52 Å². The Balaban J connectivity index is 1.70. The quantitative estimate of drug-likeness (QED) is 0.784. The molecular formula is C18H23N5O. The predicted octanol–water partition coefficient (Wildman–Crippen LogP) is 2.63. The van der Waals surface area contributed by atoms with Gasteiger partial charge in [-0.1, -0.05) is 18.2 Å². The van der Waals surface area contributed by atoms with Gasteiger partial charge in [0, 0.05) is 43.3 Å². The van der Waals surface area contributed by atoms with Crippen LogP contribution in [0.25, 0.3) is 10.9 Å². The molecule has 6 heteroatoms. The van der Waals surface area contributed by atoms with Crippen molar-refractivity contribution in [1.82, 2.24) is 24.6 Å². The highest BCUT2D eigenvalue weighted by molar-refractivity contribution is 6.04. The van der Waals surface area contributed by atoms with Gasteiger partial charge in [-0.15, -0.1) is 0 Å². The van der Waals surface area contributed by atoms with E-state index in [1.54, 1.807) is 4.68 Å². The first-order chi connectivity index (χ1) is 11.5. The molecule has 1 N–H and O–H groups in total. The molecule has 0 aliphatic carbocycles. The summed E-state index contributed by atoms with van der Waals surface area (Å²) in [6.07, 6.45) is 2.58. The highest BCUT2D eigenvalue weighted by Crippen LogP contribution is 2.17. The van der Waals surface area contributed by atoms with E-state index in [9.17, 15) is 4.79 Å². The van der Waals surface area contributed by atoms with Crippen molar-refractivity contribution < 1.29 is 4.79 Å². The number of rotatable bonds is 5. The number of para-hydroxylation sites is 1. The Morgan fingerprint density at radius 2 is 2.04 bits per heavy atom. The second-order valence-electron chi connectivity index (χ2n) is 6.27. The summed E-state index contributed by atoms with van der Waals surface area (Å²) in [5, 5.41) is 8.18. The van der Waals surface area contributed by atoms with Gasteiger partial charge < -0.3 is 9.88 Å². The molecule has 0 aliphatic heterocycles. The summed E-state index contributed by atoms with van der Waals surface area (Å²) in [5.74, 6) is 0.847. The fraction of sp³-hybridized carbons (Fsp3) is 0.389. The lowest BCUT2D eigenvalue weighted by molar-refractivity contribution is 0.0949. The van der Waals surface area contributed by atoms with Gasteiger partial charge in [0.25, 0.3) is 5.91 Å². The lowest BCUT2D eigenvalue weighted by atomic mass is 10.2. The van der Waals surface area contributed by atoms with Gasteiger partial charge in [-0.3, -0.25) is 9.48 Å². The zero-order valence-corrected chi connectivity index (χ0v) is 14.6. The molecule has 0 bridgehead atoms. The summed E-state index contributed by atoms with van der Waals surface area (Å²) in [6, 6.07) is 8.11. The van der Waals surface area contributed by atoms with E-state index in [0.29, 0.717) is 24.7 Å². The molecule has 2 aromatic heterocycles. The van der Waals surface area contributed by atoms with Crippen LogP contribution in [0, 0.1) is 6.92 Å². The molecular weight excluding hydrogens is 302 g/mol. The third-order valence-corrected chi connectivity index (χ3v) is 4.18. The Kier molecular flexibility index (Phi) is 4.38. The van der Waals surface area contributed by atoms with Crippen molar-refractivity contribution >= 4 is 16.8 Å². The second kappa shape index (κ2) is 6.47. The van der Waals surface area contributed by atoms with Crippen molar-refractivity contribution in [3.05, 3.63) is 47.7 Å². The smallest absolute Gasteiger partial charge is 0.272 e. The van der Waals surface area contributed by atoms with E-state index in [-0.39, 0.29) is 5.91 Å². The Hall–Kier alpha value is -2.63. The third kappa shape index (κ3) is 2.91. The number of fused-ring (bicyclic) bond motifs is 1. The predicted molar refractivity (Wildman–Crippen MR) is 94.1 cm³/mol. The van der Waals surface area contributed by atoms with Crippen LogP contribution in [0.15, 0.2) is 30.5 Å². The number of carbonyl (C=O) groups is 1. The fourth-order valence-electron chi connectivity index (χ4n) is 3.14. The average Bonchev–Trinajstić information content (AvgIpc) is 3.08. The van der Waals surface area contributed by atoms with Crippen molar-refractivity contribution in [3.63, 3.8) is 0 Å². The molecule has 0 fully saturated rings. The number of hydrogen-bond donors (Lipinski definition) is 1. The first-order valence-corrected chi connectivity index (χ1v) is 8.21. The van der Waals surface area contributed by atoms with E-state index in [4.69, 9.17) is 0 Å². The third-order valence-electron chi connectivity index (χ3n) is 4.18. The molecule has 2 heterocycles. The normalized spacial score (nSPS) is 11.4. The van der Waals surface area contributed by atoms with Crippen LogP contribution in [0.4, 0.5) is 0 Å². The summed E-state index contributed by atoms with van der Waals surface area (Å²) in [5.41, 5.74) is 2.56. The number of hydrogen-bond acceptors (Lipinski definition) is 3. The lowest BCUT2D eigenvalue weighted by Crippen LogP contribution is -2.27. The maximum Gasteiger partial charge on any atom is 0.272 e. The van der Waals surface area contributed by atoms with Crippen LogP contribution in [0.3, 0.4) is 0 Å². The van der Waals surface area contributed by atoms with Gasteiger partial charge in [-0.25, -0.2) is 4.98 Å². The van der Waals surface area contributed by atoms with E-state index < -0.39 is 0 Å². The molecule has 0 spiro atoms. The zero-order chi connectivity index (χ0) is 17.3. The Morgan fingerprint density at radius 3 is 2.79 bits per heavy atom. The van der Waals surface area contributed by atoms with Crippen molar-refractivity contribution in [2.45, 2.75) is 33.2 Å². The fourth-order valence-corrected chi connectivity index (χ4v) is 3.14. The molecule has 0 unspecified atom stereocenters. The summed E-state index contributed by atoms with van der Waals surface area (Å²) >= 11 is 0. The molecule has 0 aliphatic rings. The minimum Gasteiger partial charge on any atom is -0.350 e. The molecule has 3 aromatic rings. The second-order valence-corrected chi connectivity index (χ2v) is 6.27. The molecule has 126 valence electrons. The highest BCUT2D eigenvalue weighted by Gasteiger charge is 2.16. The number of aryl methyl sites for hydroxylation is 2. The van der Waals surface area contributed by atoms with Crippen molar-refractivity contribution in [1.29, 1.82) is 0 Å². The molecule has 3 rings (SSSR count). The Bertz CT molecular complexity index is 875. The number of nitrogens with zero attached hydrogens (tertiary/aromatic N) is 4. The number of aromatic nitrogens is 4. The first-order valence-electron chi connectivity index (χ1n) is 8.21. The molecule has 0 saturated heterocycles. The van der Waals surface area contributed by atoms with Gasteiger partial charge in [0.1, 0.15) is 5.82 Å². The minimum atomic E-state index is -0.147. The molecule has 6 nitrogen and oxygen atoms in total. The van der Waals surface area contributed by atoms with Crippen LogP contribution in [0.1, 0.15) is 41.9 Å². The topological polar surface area (TPSA) is 64.7 Å². The van der Waals surface area contributed by atoms with E-state index in [0.717, 1.165) is 22.4 Å². The van der Waals surface area contributed by atoms with Gasteiger partial charge in [-0.05, 0) is 26.8 Å². The number of amides is 1. The first kappa shape index (κ1) is 16.2. The number of carbonyl (C=O) groups excluding carboxylic acids is 1. The van der Waals surface area contributed by atoms with Gasteiger partial charge in [-0.2, -0.15) is 5.10 Å². The van der Waals surface area contributed by atoms with Gasteiger partial charge >= 0.3 is 0 Å². The number of imidazole rings is 1. The Morgan fingerprint density at radius 1 is 1.29 bits per heavy atom. The standard InChI is InChI=1S/C18H23N5O/c1-12(2)23-13(3)11-20-16(23)9-10-19-18(24)17-14-7-5-6-8-15(14)22(4)21-17/h5-8,11-12H,9-10H2,1-4H3,(H,19,24). The molecule has 1 aromatic carbocycles. The van der Waals surface area contributed by atoms with Gasteiger partial charge in [0.2, 0.25) is 0 Å². The average molecular weight is 325 g/mol. The largest absolute Gasteiger partial charge is 0.350 e. The summed E-state index contributed by atoms with van der Waals surface area (Å²) < 4.78 is 3.93. The van der Waals surface area contributed by atoms with E-state index in [1.807, 2.05) is 37.5 Å². The zero-order valence-electron chi connectivity index (χ0n) is 14.6. The molecule has 0 atom stereocenters. The summed E-state index contributed by atoms with van der Waals surface area (Å²) in [7, 11) is 1.85. The molecule has 0 saturated carbocycles. The summed E-state index contributed by atoms with van der Waals surface area (Å²) in [6.45, 7) is 6.86. The number of nitrogens with one attached hydrogen (secondary N) is 1. The molecule has 24 heavy (non-hydrogen) atoms. The van der Waals surface area contributed by atoms with Crippen LogP contribution in [-0.2, 0) is 13.5 Å². The maximum atomic E-state index is 12.5. The van der Waals surface area contributed by atoms with Crippen LogP contribution in [0.5, 0.6) is 0 Å². The SMILES string of the molecule is Cc1cnc(CCNC(=O)c2nn(C)c3ccccc23)n1C(C)C. The van der Waals surface area contributed by atoms with Crippen molar-refractivity contribution in [2.24, 2.45) is 7.05 Å². The monoisotopic (exact) mass is 325 g/mol. The van der Waals surface area contributed by atoms with Crippen molar-refractivity contribution in [3.8, 4) is 0 Å². The van der Waals surface area contributed by atoms with Gasteiger partial charge in [0.15, 0.2) is 5.69 Å². The maximum absolute atomic E-state index is 12.5. The van der Waals surface area contributed by atoms with Crippen LogP contribution < -0.4 is 5.32 Å². The molecule has 1 amide bonds. The highest BCUT2D eigenvalue weighted by atomic mass is 16.1. The van der Waals surface area contributed by atoms with E-state index >= 15 is 0 Å². The van der Waals surface area contributed by atoms with Crippen molar-refractivity contribution in [2.75, 3.05) is 6.54 Å². The van der Waals surface area contributed by atoms with Crippen LogP contribution >= 0.6 is 0 Å². The minimum absolute atomic E-state index is 0.147. The number of benzene rings is 1. The molecule has 0 radical (unpaired) electrons.